The second-order valence-corrected chi connectivity index (χ2v) is 7.43. The number of nitrogens with zero attached hydrogens (tertiary/aromatic N) is 1. The van der Waals surface area contributed by atoms with E-state index in [1.165, 1.54) is 11.3 Å². The standard InChI is InChI=1S/C16H23BrN2O2/c1-11(18-15(20)21-16(2,3)4)10-19-8-7-12-5-6-13(17)9-14(12)19/h5-6,9,11H,7-8,10H2,1-4H3,(H,18,20). The smallest absolute Gasteiger partial charge is 0.407 e. The van der Waals surface area contributed by atoms with Crippen molar-refractivity contribution in [2.45, 2.75) is 45.8 Å². The highest BCUT2D eigenvalue weighted by atomic mass is 79.9. The molecule has 1 amide bonds. The van der Waals surface area contributed by atoms with Gasteiger partial charge in [-0.1, -0.05) is 22.0 Å². The number of ether oxygens (including phenoxy) is 1. The van der Waals surface area contributed by atoms with Crippen molar-refractivity contribution in [3.63, 3.8) is 0 Å². The van der Waals surface area contributed by atoms with Crippen molar-refractivity contribution in [1.82, 2.24) is 5.32 Å². The fraction of sp³-hybridized carbons (Fsp3) is 0.562. The molecule has 0 saturated carbocycles. The zero-order valence-electron chi connectivity index (χ0n) is 13.1. The number of carbonyl (C=O) groups excluding carboxylic acids is 1. The molecule has 1 unspecified atom stereocenters. The van der Waals surface area contributed by atoms with Gasteiger partial charge < -0.3 is 15.0 Å². The van der Waals surface area contributed by atoms with Gasteiger partial charge >= 0.3 is 6.09 Å². The van der Waals surface area contributed by atoms with Gasteiger partial charge in [-0.3, -0.25) is 0 Å². The number of hydrogen-bond acceptors (Lipinski definition) is 3. The Balaban J connectivity index is 1.92. The van der Waals surface area contributed by atoms with Gasteiger partial charge in [0.25, 0.3) is 0 Å². The number of fused-ring (bicyclic) bond motifs is 1. The third-order valence-corrected chi connectivity index (χ3v) is 3.79. The summed E-state index contributed by atoms with van der Waals surface area (Å²) in [5.41, 5.74) is 2.15. The van der Waals surface area contributed by atoms with Crippen molar-refractivity contribution in [3.8, 4) is 0 Å². The topological polar surface area (TPSA) is 41.6 Å². The molecule has 5 heteroatoms. The highest BCUT2D eigenvalue weighted by Crippen LogP contribution is 2.30. The first-order chi connectivity index (χ1) is 9.74. The summed E-state index contributed by atoms with van der Waals surface area (Å²) in [6, 6.07) is 6.41. The third-order valence-electron chi connectivity index (χ3n) is 3.30. The minimum atomic E-state index is -0.463. The van der Waals surface area contributed by atoms with E-state index in [0.29, 0.717) is 0 Å². The molecule has 0 fully saturated rings. The van der Waals surface area contributed by atoms with Gasteiger partial charge in [0.15, 0.2) is 0 Å². The van der Waals surface area contributed by atoms with Crippen molar-refractivity contribution in [2.75, 3.05) is 18.0 Å². The van der Waals surface area contributed by atoms with Crippen molar-refractivity contribution in [3.05, 3.63) is 28.2 Å². The van der Waals surface area contributed by atoms with E-state index in [2.05, 4.69) is 44.3 Å². The molecular weight excluding hydrogens is 332 g/mol. The second kappa shape index (κ2) is 6.26. The van der Waals surface area contributed by atoms with Crippen LogP contribution >= 0.6 is 15.9 Å². The Hall–Kier alpha value is -1.23. The minimum Gasteiger partial charge on any atom is -0.444 e. The van der Waals surface area contributed by atoms with Gasteiger partial charge in [-0.05, 0) is 51.8 Å². The van der Waals surface area contributed by atoms with Gasteiger partial charge in [-0.25, -0.2) is 4.79 Å². The van der Waals surface area contributed by atoms with E-state index < -0.39 is 5.60 Å². The first-order valence-corrected chi connectivity index (χ1v) is 8.07. The highest BCUT2D eigenvalue weighted by molar-refractivity contribution is 9.10. The molecule has 0 saturated heterocycles. The Kier molecular flexibility index (Phi) is 4.81. The Morgan fingerprint density at radius 2 is 2.19 bits per heavy atom. The number of amides is 1. The largest absolute Gasteiger partial charge is 0.444 e. The summed E-state index contributed by atoms with van der Waals surface area (Å²) in [6.07, 6.45) is 0.700. The van der Waals surface area contributed by atoms with Crippen molar-refractivity contribution in [2.24, 2.45) is 0 Å². The summed E-state index contributed by atoms with van der Waals surface area (Å²) >= 11 is 3.52. The zero-order valence-corrected chi connectivity index (χ0v) is 14.7. The summed E-state index contributed by atoms with van der Waals surface area (Å²) in [7, 11) is 0. The quantitative estimate of drug-likeness (QED) is 0.899. The SMILES string of the molecule is CC(CN1CCc2ccc(Br)cc21)NC(=O)OC(C)(C)C. The maximum atomic E-state index is 11.8. The fourth-order valence-electron chi connectivity index (χ4n) is 2.49. The minimum absolute atomic E-state index is 0.0322. The molecule has 116 valence electrons. The fourth-order valence-corrected chi connectivity index (χ4v) is 2.84. The molecular formula is C16H23BrN2O2. The molecule has 1 aliphatic heterocycles. The Morgan fingerprint density at radius 1 is 1.48 bits per heavy atom. The van der Waals surface area contributed by atoms with Crippen LogP contribution in [0.3, 0.4) is 0 Å². The zero-order chi connectivity index (χ0) is 15.6. The molecule has 0 aliphatic carbocycles. The van der Waals surface area contributed by atoms with Crippen LogP contribution in [0.2, 0.25) is 0 Å². The number of anilines is 1. The molecule has 1 aromatic rings. The number of halogens is 1. The first-order valence-electron chi connectivity index (χ1n) is 7.27. The third kappa shape index (κ3) is 4.63. The van der Waals surface area contributed by atoms with E-state index in [0.717, 1.165) is 24.0 Å². The number of carbonyl (C=O) groups is 1. The Labute approximate surface area is 135 Å². The second-order valence-electron chi connectivity index (χ2n) is 6.52. The van der Waals surface area contributed by atoms with E-state index in [9.17, 15) is 4.79 Å². The van der Waals surface area contributed by atoms with Crippen LogP contribution in [0.4, 0.5) is 10.5 Å². The molecule has 1 N–H and O–H groups in total. The summed E-state index contributed by atoms with van der Waals surface area (Å²) in [6.45, 7) is 9.37. The molecule has 1 aliphatic rings. The predicted octanol–water partition coefficient (Wildman–Crippen LogP) is 3.72. The van der Waals surface area contributed by atoms with Crippen LogP contribution in [-0.4, -0.2) is 30.8 Å². The molecule has 0 bridgehead atoms. The molecule has 21 heavy (non-hydrogen) atoms. The van der Waals surface area contributed by atoms with Crippen molar-refractivity contribution >= 4 is 27.7 Å². The van der Waals surface area contributed by atoms with Gasteiger partial charge in [0.2, 0.25) is 0 Å². The van der Waals surface area contributed by atoms with E-state index in [-0.39, 0.29) is 12.1 Å². The molecule has 0 radical (unpaired) electrons. The number of alkyl carbamates (subject to hydrolysis) is 1. The van der Waals surface area contributed by atoms with Crippen LogP contribution in [0.25, 0.3) is 0 Å². The van der Waals surface area contributed by atoms with Gasteiger partial charge in [0.1, 0.15) is 5.60 Å². The normalized spacial score (nSPS) is 15.6. The van der Waals surface area contributed by atoms with Crippen molar-refractivity contribution < 1.29 is 9.53 Å². The maximum absolute atomic E-state index is 11.8. The average Bonchev–Trinajstić information content (AvgIpc) is 2.69. The lowest BCUT2D eigenvalue weighted by atomic mass is 10.2. The van der Waals surface area contributed by atoms with E-state index in [1.54, 1.807) is 0 Å². The Bertz CT molecular complexity index is 525. The first kappa shape index (κ1) is 16.1. The van der Waals surface area contributed by atoms with E-state index >= 15 is 0 Å². The van der Waals surface area contributed by atoms with Crippen LogP contribution in [0, 0.1) is 0 Å². The number of hydrogen-bond donors (Lipinski definition) is 1. The van der Waals surface area contributed by atoms with Crippen LogP contribution in [-0.2, 0) is 11.2 Å². The lowest BCUT2D eigenvalue weighted by Crippen LogP contribution is -2.43. The van der Waals surface area contributed by atoms with Gasteiger partial charge in [-0.15, -0.1) is 0 Å². The summed E-state index contributed by atoms with van der Waals surface area (Å²) in [4.78, 5) is 14.1. The van der Waals surface area contributed by atoms with Gasteiger partial charge in [0.05, 0.1) is 0 Å². The van der Waals surface area contributed by atoms with Gasteiger partial charge in [-0.2, -0.15) is 0 Å². The lowest BCUT2D eigenvalue weighted by Gasteiger charge is -2.26. The number of nitrogens with one attached hydrogen (secondary N) is 1. The molecule has 4 nitrogen and oxygen atoms in total. The summed E-state index contributed by atoms with van der Waals surface area (Å²) < 4.78 is 6.37. The van der Waals surface area contributed by atoms with Crippen LogP contribution in [0.5, 0.6) is 0 Å². The van der Waals surface area contributed by atoms with Gasteiger partial charge in [0, 0.05) is 29.3 Å². The number of rotatable bonds is 3. The Morgan fingerprint density at radius 3 is 2.86 bits per heavy atom. The lowest BCUT2D eigenvalue weighted by molar-refractivity contribution is 0.0510. The monoisotopic (exact) mass is 354 g/mol. The summed E-state index contributed by atoms with van der Waals surface area (Å²) in [5.74, 6) is 0. The molecule has 1 heterocycles. The van der Waals surface area contributed by atoms with Crippen LogP contribution in [0.15, 0.2) is 22.7 Å². The van der Waals surface area contributed by atoms with E-state index in [1.807, 2.05) is 27.7 Å². The molecule has 1 aromatic carbocycles. The van der Waals surface area contributed by atoms with E-state index in [4.69, 9.17) is 4.74 Å². The van der Waals surface area contributed by atoms with Crippen molar-refractivity contribution in [1.29, 1.82) is 0 Å². The molecule has 2 rings (SSSR count). The predicted molar refractivity (Wildman–Crippen MR) is 88.9 cm³/mol. The maximum Gasteiger partial charge on any atom is 0.407 e. The number of benzene rings is 1. The molecule has 0 aromatic heterocycles. The van der Waals surface area contributed by atoms with Crippen LogP contribution < -0.4 is 10.2 Å². The highest BCUT2D eigenvalue weighted by Gasteiger charge is 2.23. The molecule has 1 atom stereocenters. The van der Waals surface area contributed by atoms with Crippen LogP contribution in [0.1, 0.15) is 33.3 Å². The average molecular weight is 355 g/mol. The molecule has 0 spiro atoms. The summed E-state index contributed by atoms with van der Waals surface area (Å²) in [5, 5.41) is 2.89.